The van der Waals surface area contributed by atoms with Crippen molar-refractivity contribution in [2.75, 3.05) is 0 Å². The van der Waals surface area contributed by atoms with Crippen LogP contribution in [0.4, 0.5) is 0 Å². The van der Waals surface area contributed by atoms with Gasteiger partial charge in [-0.25, -0.2) is 30.2 Å². The Morgan fingerprint density at radius 2 is 1.55 bits per heavy atom. The number of hydrogen-bond acceptors (Lipinski definition) is 7. The highest BCUT2D eigenvalue weighted by Crippen LogP contribution is 1.97. The molecule has 114 valence electrons. The van der Waals surface area contributed by atoms with Gasteiger partial charge in [0, 0.05) is 6.42 Å². The average molecular weight is 287 g/mol. The zero-order chi connectivity index (χ0) is 16.8. The first kappa shape index (κ1) is 26.2. The van der Waals surface area contributed by atoms with E-state index in [9.17, 15) is 9.59 Å². The van der Waals surface area contributed by atoms with Crippen LogP contribution in [0.5, 0.6) is 0 Å². The molecule has 0 aliphatic carbocycles. The number of nitrogens with zero attached hydrogens (tertiary/aromatic N) is 1. The van der Waals surface area contributed by atoms with Crippen molar-refractivity contribution >= 4 is 24.2 Å². The molecule has 0 radical (unpaired) electrons. The van der Waals surface area contributed by atoms with Gasteiger partial charge in [-0.2, -0.15) is 0 Å². The lowest BCUT2D eigenvalue weighted by atomic mass is 10.2. The minimum atomic E-state index is -0.682. The maximum atomic E-state index is 9.87. The molecule has 0 bridgehead atoms. The van der Waals surface area contributed by atoms with Crippen molar-refractivity contribution in [3.63, 3.8) is 0 Å². The first-order chi connectivity index (χ1) is 9.37. The molecule has 8 heteroatoms. The molecular weight excluding hydrogens is 266 g/mol. The first-order valence-corrected chi connectivity index (χ1v) is 5.74. The van der Waals surface area contributed by atoms with E-state index in [-0.39, 0.29) is 6.04 Å². The van der Waals surface area contributed by atoms with Crippen molar-refractivity contribution in [2.45, 2.75) is 52.5 Å². The van der Waals surface area contributed by atoms with Crippen molar-refractivity contribution in [3.8, 4) is 0 Å². The number of nitrogens with one attached hydrogen (secondary N) is 2. The fourth-order valence-corrected chi connectivity index (χ4v) is 0.632. The summed E-state index contributed by atoms with van der Waals surface area (Å²) in [4.78, 5) is 39.2. The number of carboxylic acid groups (broad SMARTS) is 1. The van der Waals surface area contributed by atoms with E-state index >= 15 is 0 Å². The predicted molar refractivity (Wildman–Crippen MR) is 71.9 cm³/mol. The Hall–Kier alpha value is -2.39. The van der Waals surface area contributed by atoms with Crippen LogP contribution < -0.4 is 0 Å². The smallest absolute Gasteiger partial charge is 0.303 e. The summed E-state index contributed by atoms with van der Waals surface area (Å²) in [6.07, 6.45) is 6.22. The van der Waals surface area contributed by atoms with E-state index in [2.05, 4.69) is 11.9 Å². The van der Waals surface area contributed by atoms with Gasteiger partial charge in [0.25, 0.3) is 0 Å². The number of carbonyl (C=O) groups excluding carboxylic acids is 3. The van der Waals surface area contributed by atoms with Gasteiger partial charge in [0.05, 0.1) is 6.04 Å². The summed E-state index contributed by atoms with van der Waals surface area (Å²) < 4.78 is 0. The van der Waals surface area contributed by atoms with E-state index in [1.165, 1.54) is 6.08 Å². The van der Waals surface area contributed by atoms with Crippen molar-refractivity contribution < 1.29 is 24.3 Å². The Morgan fingerprint density at radius 1 is 1.15 bits per heavy atom. The summed E-state index contributed by atoms with van der Waals surface area (Å²) in [5, 5.41) is 18.9. The fraction of sp³-hybridized carbons (Fsp3) is 0.667. The van der Waals surface area contributed by atoms with E-state index < -0.39 is 5.97 Å². The lowest BCUT2D eigenvalue weighted by molar-refractivity contribution is -0.137. The SMILES string of the molecule is CC(C)N=C=O.CCCCCC(=O)O.N=C=O.N=C=O. The quantitative estimate of drug-likeness (QED) is 0.402. The van der Waals surface area contributed by atoms with Gasteiger partial charge in [0.1, 0.15) is 0 Å². The lowest BCUT2D eigenvalue weighted by Crippen LogP contribution is -1.92. The molecule has 0 aliphatic rings. The second kappa shape index (κ2) is 30.0. The maximum Gasteiger partial charge on any atom is 0.303 e. The van der Waals surface area contributed by atoms with Crippen LogP contribution in [0.3, 0.4) is 0 Å². The van der Waals surface area contributed by atoms with Gasteiger partial charge in [0.15, 0.2) is 0 Å². The third kappa shape index (κ3) is 106. The third-order valence-corrected chi connectivity index (χ3v) is 1.31. The standard InChI is InChI=1S/C6H12O2.C4H7NO.2CHNO/c1-2-3-4-5-6(7)8;1-4(2)5-3-6;2*2-1-3/h2-5H2,1H3,(H,7,8);4H,1-2H3;2*2H. The van der Waals surface area contributed by atoms with E-state index in [0.717, 1.165) is 31.4 Å². The molecule has 0 spiro atoms. The monoisotopic (exact) mass is 287 g/mol. The Bertz CT molecular complexity index is 312. The van der Waals surface area contributed by atoms with Crippen molar-refractivity contribution in [1.82, 2.24) is 0 Å². The van der Waals surface area contributed by atoms with Crippen molar-refractivity contribution in [3.05, 3.63) is 0 Å². The maximum absolute atomic E-state index is 9.87. The summed E-state index contributed by atoms with van der Waals surface area (Å²) in [6, 6.07) is 0.0995. The normalized spacial score (nSPS) is 6.80. The zero-order valence-corrected chi connectivity index (χ0v) is 11.9. The van der Waals surface area contributed by atoms with Crippen LogP contribution in [0.15, 0.2) is 4.99 Å². The molecule has 0 aromatic carbocycles. The Balaban J connectivity index is -0.0000000941. The summed E-state index contributed by atoms with van der Waals surface area (Å²) in [6.45, 7) is 5.71. The zero-order valence-electron chi connectivity index (χ0n) is 11.9. The van der Waals surface area contributed by atoms with Crippen molar-refractivity contribution in [1.29, 1.82) is 10.8 Å². The van der Waals surface area contributed by atoms with E-state index in [0.29, 0.717) is 6.42 Å². The molecule has 0 fully saturated rings. The third-order valence-electron chi connectivity index (χ3n) is 1.31. The van der Waals surface area contributed by atoms with Gasteiger partial charge in [-0.1, -0.05) is 19.8 Å². The lowest BCUT2D eigenvalue weighted by Gasteiger charge is -1.89. The van der Waals surface area contributed by atoms with Crippen LogP contribution >= 0.6 is 0 Å². The summed E-state index contributed by atoms with van der Waals surface area (Å²) >= 11 is 0. The number of hydrogen-bond donors (Lipinski definition) is 3. The number of aliphatic imine (C=N–C) groups is 1. The van der Waals surface area contributed by atoms with Crippen LogP contribution in [-0.4, -0.2) is 35.4 Å². The summed E-state index contributed by atoms with van der Waals surface area (Å²) in [5.41, 5.74) is 0. The van der Waals surface area contributed by atoms with Gasteiger partial charge < -0.3 is 5.11 Å². The molecule has 0 amide bonds. The molecule has 0 aromatic heterocycles. The van der Waals surface area contributed by atoms with E-state index in [1.807, 2.05) is 13.8 Å². The minimum Gasteiger partial charge on any atom is -0.481 e. The molecule has 0 saturated carbocycles. The Kier molecular flexibility index (Phi) is 39.4. The highest BCUT2D eigenvalue weighted by Gasteiger charge is 1.92. The second-order valence-electron chi connectivity index (χ2n) is 3.37. The average Bonchev–Trinajstić information content (AvgIpc) is 2.31. The molecule has 0 heterocycles. The second-order valence-corrected chi connectivity index (χ2v) is 3.37. The molecule has 0 atom stereocenters. The molecule has 0 rings (SSSR count). The van der Waals surface area contributed by atoms with E-state index in [4.69, 9.17) is 25.5 Å². The van der Waals surface area contributed by atoms with Crippen LogP contribution in [0, 0.1) is 10.8 Å². The fourth-order valence-electron chi connectivity index (χ4n) is 0.632. The van der Waals surface area contributed by atoms with Gasteiger partial charge in [-0.15, -0.1) is 0 Å². The largest absolute Gasteiger partial charge is 0.481 e. The summed E-state index contributed by atoms with van der Waals surface area (Å²) in [5.74, 6) is -0.682. The molecule has 0 aliphatic heterocycles. The van der Waals surface area contributed by atoms with Crippen LogP contribution in [0.1, 0.15) is 46.5 Å². The van der Waals surface area contributed by atoms with E-state index in [1.54, 1.807) is 0 Å². The van der Waals surface area contributed by atoms with Crippen LogP contribution in [-0.2, 0) is 19.2 Å². The molecule has 0 aromatic rings. The number of isocyanates is 3. The highest BCUT2D eigenvalue weighted by molar-refractivity contribution is 5.66. The molecule has 3 N–H and O–H groups in total. The van der Waals surface area contributed by atoms with Gasteiger partial charge in [-0.05, 0) is 20.3 Å². The summed E-state index contributed by atoms with van der Waals surface area (Å²) in [7, 11) is 0. The van der Waals surface area contributed by atoms with Crippen LogP contribution in [0.25, 0.3) is 0 Å². The first-order valence-electron chi connectivity index (χ1n) is 5.74. The molecular formula is C12H21N3O5. The Labute approximate surface area is 117 Å². The number of unbranched alkanes of at least 4 members (excludes halogenated alkanes) is 2. The van der Waals surface area contributed by atoms with Gasteiger partial charge in [-0.3, -0.25) is 4.79 Å². The van der Waals surface area contributed by atoms with Gasteiger partial charge >= 0.3 is 5.97 Å². The Morgan fingerprint density at radius 3 is 1.70 bits per heavy atom. The van der Waals surface area contributed by atoms with Crippen LogP contribution in [0.2, 0.25) is 0 Å². The molecule has 0 unspecified atom stereocenters. The number of carboxylic acids is 1. The molecule has 0 saturated heterocycles. The predicted octanol–water partition coefficient (Wildman–Crippen LogP) is 2.18. The minimum absolute atomic E-state index is 0.0995. The molecule has 20 heavy (non-hydrogen) atoms. The number of carbonyl (C=O) groups is 1. The number of aliphatic carboxylic acids is 1. The highest BCUT2D eigenvalue weighted by atomic mass is 16.4. The topological polar surface area (TPSA) is 149 Å². The molecule has 8 nitrogen and oxygen atoms in total. The van der Waals surface area contributed by atoms with Crippen molar-refractivity contribution in [2.24, 2.45) is 4.99 Å². The van der Waals surface area contributed by atoms with Gasteiger partial charge in [0.2, 0.25) is 18.2 Å². The number of rotatable bonds is 5.